The van der Waals surface area contributed by atoms with E-state index in [4.69, 9.17) is 9.47 Å². The summed E-state index contributed by atoms with van der Waals surface area (Å²) in [4.78, 5) is 0. The molecule has 3 N–H and O–H groups in total. The molecule has 1 aromatic carbocycles. The van der Waals surface area contributed by atoms with Gasteiger partial charge in [-0.25, -0.2) is 0 Å². The smallest absolute Gasteiger partial charge is 0.228 e. The Labute approximate surface area is 99.2 Å². The van der Waals surface area contributed by atoms with Crippen molar-refractivity contribution in [3.8, 4) is 5.75 Å². The first-order chi connectivity index (χ1) is 8.09. The average molecular weight is 240 g/mol. The molecule has 0 aromatic heterocycles. The third-order valence-electron chi connectivity index (χ3n) is 2.79. The van der Waals surface area contributed by atoms with Crippen LogP contribution in [0.15, 0.2) is 24.3 Å². The summed E-state index contributed by atoms with van der Waals surface area (Å²) in [6, 6.07) is 7.31. The SMILES string of the molecule is Cc1ccccc1O[C@H]1OC[C@H](O)[C@@H](O)[C@@H]1O. The van der Waals surface area contributed by atoms with E-state index in [9.17, 15) is 15.3 Å². The lowest BCUT2D eigenvalue weighted by Gasteiger charge is -2.35. The predicted molar refractivity (Wildman–Crippen MR) is 59.6 cm³/mol. The van der Waals surface area contributed by atoms with Gasteiger partial charge in [-0.2, -0.15) is 0 Å². The third kappa shape index (κ3) is 2.58. The van der Waals surface area contributed by atoms with Gasteiger partial charge in [-0.3, -0.25) is 0 Å². The van der Waals surface area contributed by atoms with Gasteiger partial charge in [0.2, 0.25) is 6.29 Å². The Balaban J connectivity index is 2.07. The highest BCUT2D eigenvalue weighted by Crippen LogP contribution is 2.23. The Morgan fingerprint density at radius 3 is 2.59 bits per heavy atom. The Bertz CT molecular complexity index is 381. The van der Waals surface area contributed by atoms with E-state index in [0.29, 0.717) is 5.75 Å². The molecule has 4 atom stereocenters. The summed E-state index contributed by atoms with van der Waals surface area (Å²) in [5.41, 5.74) is 0.906. The lowest BCUT2D eigenvalue weighted by molar-refractivity contribution is -0.242. The van der Waals surface area contributed by atoms with Crippen molar-refractivity contribution in [2.45, 2.75) is 31.5 Å². The number of ether oxygens (including phenoxy) is 2. The van der Waals surface area contributed by atoms with Gasteiger partial charge in [-0.15, -0.1) is 0 Å². The number of hydrogen-bond acceptors (Lipinski definition) is 5. The highest BCUT2D eigenvalue weighted by Gasteiger charge is 2.39. The highest BCUT2D eigenvalue weighted by atomic mass is 16.7. The largest absolute Gasteiger partial charge is 0.462 e. The zero-order valence-electron chi connectivity index (χ0n) is 9.48. The molecule has 0 amide bonds. The minimum absolute atomic E-state index is 0.0607. The van der Waals surface area contributed by atoms with E-state index in [1.807, 2.05) is 25.1 Å². The number of aliphatic hydroxyl groups is 3. The summed E-state index contributed by atoms with van der Waals surface area (Å²) in [5, 5.41) is 28.5. The van der Waals surface area contributed by atoms with Crippen molar-refractivity contribution in [3.63, 3.8) is 0 Å². The molecule has 1 aliphatic heterocycles. The van der Waals surface area contributed by atoms with Crippen molar-refractivity contribution in [3.05, 3.63) is 29.8 Å². The quantitative estimate of drug-likeness (QED) is 0.668. The maximum atomic E-state index is 9.70. The maximum Gasteiger partial charge on any atom is 0.228 e. The number of benzene rings is 1. The van der Waals surface area contributed by atoms with Crippen LogP contribution < -0.4 is 4.74 Å². The first kappa shape index (κ1) is 12.3. The Hall–Kier alpha value is -1.14. The molecule has 0 spiro atoms. The highest BCUT2D eigenvalue weighted by molar-refractivity contribution is 5.31. The first-order valence-electron chi connectivity index (χ1n) is 5.47. The van der Waals surface area contributed by atoms with Crippen molar-refractivity contribution < 1.29 is 24.8 Å². The van der Waals surface area contributed by atoms with E-state index in [1.165, 1.54) is 0 Å². The minimum atomic E-state index is -1.27. The molecule has 1 saturated heterocycles. The second kappa shape index (κ2) is 5.01. The molecule has 2 rings (SSSR count). The number of aliphatic hydroxyl groups excluding tert-OH is 3. The average Bonchev–Trinajstić information content (AvgIpc) is 2.32. The van der Waals surface area contributed by atoms with Crippen molar-refractivity contribution >= 4 is 0 Å². The molecule has 5 nitrogen and oxygen atoms in total. The van der Waals surface area contributed by atoms with Crippen LogP contribution in [0.25, 0.3) is 0 Å². The number of para-hydroxylation sites is 1. The Morgan fingerprint density at radius 2 is 1.88 bits per heavy atom. The number of aryl methyl sites for hydroxylation is 1. The van der Waals surface area contributed by atoms with E-state index in [0.717, 1.165) is 5.56 Å². The summed E-state index contributed by atoms with van der Waals surface area (Å²) < 4.78 is 10.6. The fraction of sp³-hybridized carbons (Fsp3) is 0.500. The van der Waals surface area contributed by atoms with Crippen molar-refractivity contribution in [2.75, 3.05) is 6.61 Å². The summed E-state index contributed by atoms with van der Waals surface area (Å²) in [6.45, 7) is 1.81. The second-order valence-electron chi connectivity index (χ2n) is 4.13. The van der Waals surface area contributed by atoms with Gasteiger partial charge in [-0.1, -0.05) is 18.2 Å². The van der Waals surface area contributed by atoms with E-state index >= 15 is 0 Å². The first-order valence-corrected chi connectivity index (χ1v) is 5.47. The summed E-state index contributed by atoms with van der Waals surface area (Å²) in [5.74, 6) is 0.583. The van der Waals surface area contributed by atoms with Crippen LogP contribution in [0, 0.1) is 6.92 Å². The second-order valence-corrected chi connectivity index (χ2v) is 4.13. The topological polar surface area (TPSA) is 79.2 Å². The molecule has 94 valence electrons. The lowest BCUT2D eigenvalue weighted by atomic mass is 10.1. The van der Waals surface area contributed by atoms with Crippen LogP contribution in [-0.4, -0.2) is 46.5 Å². The van der Waals surface area contributed by atoms with Gasteiger partial charge >= 0.3 is 0 Å². The van der Waals surface area contributed by atoms with Crippen LogP contribution in [0.2, 0.25) is 0 Å². The molecule has 5 heteroatoms. The molecule has 1 heterocycles. The molecular formula is C12H16O5. The molecule has 1 aromatic rings. The molecule has 0 saturated carbocycles. The molecule has 1 fully saturated rings. The minimum Gasteiger partial charge on any atom is -0.462 e. The predicted octanol–water partition coefficient (Wildman–Crippen LogP) is -0.187. The van der Waals surface area contributed by atoms with Crippen LogP contribution in [0.5, 0.6) is 5.75 Å². The van der Waals surface area contributed by atoms with Gasteiger partial charge in [-0.05, 0) is 18.6 Å². The van der Waals surface area contributed by atoms with Gasteiger partial charge in [0.1, 0.15) is 24.1 Å². The van der Waals surface area contributed by atoms with Gasteiger partial charge < -0.3 is 24.8 Å². The zero-order valence-corrected chi connectivity index (χ0v) is 9.48. The molecule has 0 bridgehead atoms. The normalized spacial score (nSPS) is 33.4. The van der Waals surface area contributed by atoms with E-state index in [1.54, 1.807) is 6.07 Å². The van der Waals surface area contributed by atoms with Crippen molar-refractivity contribution in [1.29, 1.82) is 0 Å². The molecule has 0 radical (unpaired) electrons. The van der Waals surface area contributed by atoms with Gasteiger partial charge in [0.05, 0.1) is 6.61 Å². The monoisotopic (exact) mass is 240 g/mol. The van der Waals surface area contributed by atoms with Crippen LogP contribution in [0.1, 0.15) is 5.56 Å². The van der Waals surface area contributed by atoms with Gasteiger partial charge in [0, 0.05) is 0 Å². The van der Waals surface area contributed by atoms with Gasteiger partial charge in [0.25, 0.3) is 0 Å². The summed E-state index contributed by atoms with van der Waals surface area (Å²) in [6.07, 6.45) is -4.56. The van der Waals surface area contributed by atoms with E-state index < -0.39 is 24.6 Å². The third-order valence-corrected chi connectivity index (χ3v) is 2.79. The Morgan fingerprint density at radius 1 is 1.18 bits per heavy atom. The van der Waals surface area contributed by atoms with E-state index in [-0.39, 0.29) is 6.61 Å². The standard InChI is InChI=1S/C12H16O5/c1-7-4-2-3-5-9(7)17-12-11(15)10(14)8(13)6-16-12/h2-5,8,10-15H,6H2,1H3/t8-,10+,11-,12+/m0/s1. The van der Waals surface area contributed by atoms with Crippen molar-refractivity contribution in [2.24, 2.45) is 0 Å². The maximum absolute atomic E-state index is 9.70. The molecule has 0 aliphatic carbocycles. The molecule has 17 heavy (non-hydrogen) atoms. The zero-order chi connectivity index (χ0) is 12.4. The van der Waals surface area contributed by atoms with Crippen molar-refractivity contribution in [1.82, 2.24) is 0 Å². The Kier molecular flexibility index (Phi) is 3.63. The summed E-state index contributed by atoms with van der Waals surface area (Å²) >= 11 is 0. The van der Waals surface area contributed by atoms with Crippen LogP contribution in [0.3, 0.4) is 0 Å². The number of rotatable bonds is 2. The lowest BCUT2D eigenvalue weighted by Crippen LogP contribution is -2.54. The van der Waals surface area contributed by atoms with Crippen LogP contribution in [-0.2, 0) is 4.74 Å². The fourth-order valence-corrected chi connectivity index (χ4v) is 1.70. The molecule has 1 aliphatic rings. The number of hydrogen-bond donors (Lipinski definition) is 3. The van der Waals surface area contributed by atoms with Crippen LogP contribution >= 0.6 is 0 Å². The fourth-order valence-electron chi connectivity index (χ4n) is 1.70. The van der Waals surface area contributed by atoms with E-state index in [2.05, 4.69) is 0 Å². The molecular weight excluding hydrogens is 224 g/mol. The summed E-state index contributed by atoms with van der Waals surface area (Å²) in [7, 11) is 0. The van der Waals surface area contributed by atoms with Crippen LogP contribution in [0.4, 0.5) is 0 Å². The molecule has 0 unspecified atom stereocenters. The van der Waals surface area contributed by atoms with Gasteiger partial charge in [0.15, 0.2) is 0 Å².